The van der Waals surface area contributed by atoms with Gasteiger partial charge < -0.3 is 10.5 Å². The van der Waals surface area contributed by atoms with Crippen LogP contribution in [0, 0.1) is 0 Å². The minimum absolute atomic E-state index is 0.471. The Morgan fingerprint density at radius 1 is 1.56 bits per heavy atom. The van der Waals surface area contributed by atoms with Gasteiger partial charge in [-0.1, -0.05) is 0 Å². The highest BCUT2D eigenvalue weighted by Gasteiger charge is 2.35. The molecule has 1 aromatic rings. The van der Waals surface area contributed by atoms with Crippen LogP contribution in [-0.2, 0) is 11.3 Å². The lowest BCUT2D eigenvalue weighted by atomic mass is 10.1. The minimum Gasteiger partial charge on any atom is -0.375 e. The first-order chi connectivity index (χ1) is 7.83. The molecule has 0 spiro atoms. The van der Waals surface area contributed by atoms with E-state index in [9.17, 15) is 0 Å². The number of nitrogen functional groups attached to an aromatic ring is 1. The number of morpholine rings is 1. The number of thiazole rings is 1. The number of ether oxygens (including phenoxy) is 1. The fourth-order valence-corrected chi connectivity index (χ4v) is 3.51. The predicted octanol–water partition coefficient (Wildman–Crippen LogP) is 1.48. The van der Waals surface area contributed by atoms with E-state index in [0.29, 0.717) is 17.3 Å². The van der Waals surface area contributed by atoms with Gasteiger partial charge in [-0.15, -0.1) is 11.3 Å². The normalized spacial score (nSPS) is 30.5. The second kappa shape index (κ2) is 4.31. The van der Waals surface area contributed by atoms with Crippen LogP contribution in [0.5, 0.6) is 0 Å². The van der Waals surface area contributed by atoms with Crippen LogP contribution in [0.25, 0.3) is 0 Å². The van der Waals surface area contributed by atoms with Gasteiger partial charge in [0.15, 0.2) is 5.13 Å². The van der Waals surface area contributed by atoms with Gasteiger partial charge in [0, 0.05) is 30.2 Å². The molecule has 2 heterocycles. The van der Waals surface area contributed by atoms with Crippen LogP contribution in [0.1, 0.15) is 24.1 Å². The van der Waals surface area contributed by atoms with Crippen LogP contribution in [0.4, 0.5) is 5.13 Å². The standard InChI is InChI=1S/C11H17N3OS/c12-11-13-6-8(16-11)7-14-4-5-15-10-3-1-2-9(10)14/h6,9-10H,1-5,7H2,(H2,12,13)/t9-,10+/m1/s1. The lowest BCUT2D eigenvalue weighted by Gasteiger charge is -2.37. The lowest BCUT2D eigenvalue weighted by molar-refractivity contribution is -0.0585. The third kappa shape index (κ3) is 1.95. The smallest absolute Gasteiger partial charge is 0.180 e. The molecule has 5 heteroatoms. The summed E-state index contributed by atoms with van der Waals surface area (Å²) in [7, 11) is 0. The van der Waals surface area contributed by atoms with E-state index >= 15 is 0 Å². The van der Waals surface area contributed by atoms with E-state index in [2.05, 4.69) is 9.88 Å². The maximum atomic E-state index is 5.80. The second-order valence-corrected chi connectivity index (χ2v) is 5.69. The van der Waals surface area contributed by atoms with E-state index < -0.39 is 0 Å². The Morgan fingerprint density at radius 2 is 2.50 bits per heavy atom. The van der Waals surface area contributed by atoms with Crippen molar-refractivity contribution < 1.29 is 4.74 Å². The molecule has 1 aliphatic carbocycles. The van der Waals surface area contributed by atoms with Gasteiger partial charge >= 0.3 is 0 Å². The van der Waals surface area contributed by atoms with E-state index in [1.165, 1.54) is 24.1 Å². The SMILES string of the molecule is Nc1ncc(CN2CCO[C@H]3CCC[C@H]32)s1. The first kappa shape index (κ1) is 10.5. The highest BCUT2D eigenvalue weighted by atomic mass is 32.1. The summed E-state index contributed by atoms with van der Waals surface area (Å²) >= 11 is 1.60. The average Bonchev–Trinajstić information content (AvgIpc) is 2.87. The largest absolute Gasteiger partial charge is 0.375 e. The minimum atomic E-state index is 0.471. The number of anilines is 1. The van der Waals surface area contributed by atoms with Crippen LogP contribution < -0.4 is 5.73 Å². The summed E-state index contributed by atoms with van der Waals surface area (Å²) in [5.74, 6) is 0. The zero-order chi connectivity index (χ0) is 11.0. The number of aromatic nitrogens is 1. The monoisotopic (exact) mass is 239 g/mol. The summed E-state index contributed by atoms with van der Waals surface area (Å²) in [6.07, 6.45) is 6.18. The Bertz CT molecular complexity index is 368. The molecule has 2 N–H and O–H groups in total. The maximum Gasteiger partial charge on any atom is 0.180 e. The Labute approximate surface area is 99.4 Å². The third-order valence-corrected chi connectivity index (χ3v) is 4.34. The molecule has 1 saturated heterocycles. The molecule has 2 aliphatic rings. The summed E-state index contributed by atoms with van der Waals surface area (Å²) in [5, 5.41) is 0.672. The predicted molar refractivity (Wildman–Crippen MR) is 64.3 cm³/mol. The van der Waals surface area contributed by atoms with E-state index in [1.54, 1.807) is 11.3 Å². The van der Waals surface area contributed by atoms with Crippen LogP contribution in [0.15, 0.2) is 6.20 Å². The van der Waals surface area contributed by atoms with Crippen molar-refractivity contribution in [2.24, 2.45) is 0 Å². The first-order valence-corrected chi connectivity index (χ1v) is 6.70. The average molecular weight is 239 g/mol. The van der Waals surface area contributed by atoms with Crippen molar-refractivity contribution in [1.29, 1.82) is 0 Å². The summed E-state index contributed by atoms with van der Waals surface area (Å²) < 4.78 is 5.80. The quantitative estimate of drug-likeness (QED) is 0.849. The molecule has 0 radical (unpaired) electrons. The molecule has 2 fully saturated rings. The number of hydrogen-bond acceptors (Lipinski definition) is 5. The van der Waals surface area contributed by atoms with Crippen LogP contribution in [0.2, 0.25) is 0 Å². The first-order valence-electron chi connectivity index (χ1n) is 5.89. The fourth-order valence-electron chi connectivity index (χ4n) is 2.80. The van der Waals surface area contributed by atoms with E-state index in [0.717, 1.165) is 19.7 Å². The molecule has 1 saturated carbocycles. The second-order valence-electron chi connectivity index (χ2n) is 4.54. The van der Waals surface area contributed by atoms with Crippen molar-refractivity contribution in [2.75, 3.05) is 18.9 Å². The molecule has 0 bridgehead atoms. The summed E-state index contributed by atoms with van der Waals surface area (Å²) in [5.41, 5.74) is 5.65. The van der Waals surface area contributed by atoms with E-state index in [1.807, 2.05) is 6.20 Å². The molecular formula is C11H17N3OS. The van der Waals surface area contributed by atoms with Gasteiger partial charge in [-0.3, -0.25) is 4.90 Å². The summed E-state index contributed by atoms with van der Waals surface area (Å²) in [4.78, 5) is 7.91. The molecule has 1 aliphatic heterocycles. The van der Waals surface area contributed by atoms with Crippen molar-refractivity contribution in [3.63, 3.8) is 0 Å². The van der Waals surface area contributed by atoms with Gasteiger partial charge in [0.1, 0.15) is 0 Å². The zero-order valence-electron chi connectivity index (χ0n) is 9.26. The molecule has 4 nitrogen and oxygen atoms in total. The third-order valence-electron chi connectivity index (χ3n) is 3.53. The Kier molecular flexibility index (Phi) is 2.83. The molecule has 0 amide bonds. The molecule has 2 atom stereocenters. The molecule has 16 heavy (non-hydrogen) atoms. The highest BCUT2D eigenvalue weighted by Crippen LogP contribution is 2.31. The van der Waals surface area contributed by atoms with Crippen LogP contribution in [-0.4, -0.2) is 35.2 Å². The number of hydrogen-bond donors (Lipinski definition) is 1. The number of nitrogens with zero attached hydrogens (tertiary/aromatic N) is 2. The molecular weight excluding hydrogens is 222 g/mol. The fraction of sp³-hybridized carbons (Fsp3) is 0.727. The van der Waals surface area contributed by atoms with Gasteiger partial charge in [-0.05, 0) is 19.3 Å². The van der Waals surface area contributed by atoms with E-state index in [-0.39, 0.29) is 0 Å². The highest BCUT2D eigenvalue weighted by molar-refractivity contribution is 7.15. The van der Waals surface area contributed by atoms with Crippen molar-refractivity contribution in [3.05, 3.63) is 11.1 Å². The van der Waals surface area contributed by atoms with Gasteiger partial charge in [0.2, 0.25) is 0 Å². The van der Waals surface area contributed by atoms with Crippen molar-refractivity contribution in [1.82, 2.24) is 9.88 Å². The summed E-state index contributed by atoms with van der Waals surface area (Å²) in [6.45, 7) is 2.90. The van der Waals surface area contributed by atoms with Crippen molar-refractivity contribution in [2.45, 2.75) is 38.0 Å². The van der Waals surface area contributed by atoms with Gasteiger partial charge in [-0.25, -0.2) is 4.98 Å². The Morgan fingerprint density at radius 3 is 3.31 bits per heavy atom. The van der Waals surface area contributed by atoms with E-state index in [4.69, 9.17) is 10.5 Å². The zero-order valence-corrected chi connectivity index (χ0v) is 10.1. The molecule has 3 rings (SSSR count). The molecule has 0 aromatic carbocycles. The number of rotatable bonds is 2. The number of fused-ring (bicyclic) bond motifs is 1. The summed E-state index contributed by atoms with van der Waals surface area (Å²) in [6, 6.07) is 0.622. The Hall–Kier alpha value is -0.650. The molecule has 88 valence electrons. The van der Waals surface area contributed by atoms with Crippen LogP contribution >= 0.6 is 11.3 Å². The van der Waals surface area contributed by atoms with Crippen LogP contribution in [0.3, 0.4) is 0 Å². The topological polar surface area (TPSA) is 51.4 Å². The maximum absolute atomic E-state index is 5.80. The molecule has 0 unspecified atom stereocenters. The molecule has 1 aromatic heterocycles. The van der Waals surface area contributed by atoms with Gasteiger partial charge in [-0.2, -0.15) is 0 Å². The lowest BCUT2D eigenvalue weighted by Crippen LogP contribution is -2.47. The van der Waals surface area contributed by atoms with Crippen molar-refractivity contribution >= 4 is 16.5 Å². The number of nitrogens with two attached hydrogens (primary N) is 1. The van der Waals surface area contributed by atoms with Gasteiger partial charge in [0.05, 0.1) is 12.7 Å². The Balaban J connectivity index is 1.69. The van der Waals surface area contributed by atoms with Gasteiger partial charge in [0.25, 0.3) is 0 Å². The van der Waals surface area contributed by atoms with Crippen molar-refractivity contribution in [3.8, 4) is 0 Å².